The Bertz CT molecular complexity index is 1390. The van der Waals surface area contributed by atoms with Crippen LogP contribution in [0.25, 0.3) is 0 Å². The first-order chi connectivity index (χ1) is 19.1. The summed E-state index contributed by atoms with van der Waals surface area (Å²) in [5, 5.41) is 7.13. The molecule has 1 aromatic carbocycles. The van der Waals surface area contributed by atoms with Crippen LogP contribution in [-0.2, 0) is 33.7 Å². The molecule has 0 saturated carbocycles. The third-order valence-corrected chi connectivity index (χ3v) is 8.00. The number of hydrogen-bond donors (Lipinski definition) is 1. The first-order valence-corrected chi connectivity index (χ1v) is 14.0. The van der Waals surface area contributed by atoms with Crippen LogP contribution in [0.3, 0.4) is 0 Å². The summed E-state index contributed by atoms with van der Waals surface area (Å²) in [4.78, 5) is 39.7. The number of aryl methyl sites for hydroxylation is 2. The van der Waals surface area contributed by atoms with Crippen molar-refractivity contribution in [3.05, 3.63) is 56.8 Å². The number of anilines is 1. The van der Waals surface area contributed by atoms with Crippen LogP contribution in [0.2, 0.25) is 0 Å². The van der Waals surface area contributed by atoms with Crippen LogP contribution in [0, 0.1) is 19.8 Å². The van der Waals surface area contributed by atoms with Crippen molar-refractivity contribution in [2.24, 2.45) is 5.92 Å². The molecule has 0 bridgehead atoms. The summed E-state index contributed by atoms with van der Waals surface area (Å²) in [6.45, 7) is 9.46. The molecule has 4 rings (SSSR count). The van der Waals surface area contributed by atoms with Gasteiger partial charge >= 0.3 is 11.9 Å². The number of nitrogens with one attached hydrogen (secondary N) is 1. The highest BCUT2D eigenvalue weighted by atomic mass is 32.1. The first-order valence-electron chi connectivity index (χ1n) is 13.2. The van der Waals surface area contributed by atoms with Crippen LogP contribution in [0.4, 0.5) is 5.00 Å². The predicted molar refractivity (Wildman–Crippen MR) is 148 cm³/mol. The number of ether oxygens (including phenoxy) is 4. The number of fused-ring (bicyclic) bond motifs is 1. The van der Waals surface area contributed by atoms with E-state index in [0.29, 0.717) is 33.7 Å². The van der Waals surface area contributed by atoms with Gasteiger partial charge in [0.15, 0.2) is 17.6 Å². The lowest BCUT2D eigenvalue weighted by Crippen LogP contribution is -2.30. The van der Waals surface area contributed by atoms with E-state index in [4.69, 9.17) is 23.5 Å². The lowest BCUT2D eigenvalue weighted by atomic mass is 9.88. The number of carbonyl (C=O) groups excluding carboxylic acids is 3. The zero-order valence-electron chi connectivity index (χ0n) is 23.5. The number of amides is 1. The van der Waals surface area contributed by atoms with Crippen molar-refractivity contribution in [2.45, 2.75) is 66.6 Å². The van der Waals surface area contributed by atoms with Gasteiger partial charge in [-0.1, -0.05) is 12.1 Å². The summed E-state index contributed by atoms with van der Waals surface area (Å²) >= 11 is 1.38. The third kappa shape index (κ3) is 6.30. The Morgan fingerprint density at radius 2 is 1.98 bits per heavy atom. The number of aromatic nitrogens is 1. The van der Waals surface area contributed by atoms with E-state index < -0.39 is 23.9 Å². The normalized spacial score (nSPS) is 15.1. The maximum atomic E-state index is 13.0. The molecule has 40 heavy (non-hydrogen) atoms. The van der Waals surface area contributed by atoms with Crippen LogP contribution in [0.15, 0.2) is 22.7 Å². The molecule has 2 aromatic heterocycles. The number of thiophene rings is 1. The standard InChI is InChI=1S/C29H34N2O8S/c1-7-36-29(34)25-20-10-8-15(2)12-24(20)40-27(25)30-26(32)18(5)38-28(33)19-9-11-22(23(13-19)35-6)37-14-21-16(3)31-39-17(21)4/h9,11,13,15,18H,7-8,10,12,14H2,1-6H3,(H,30,32)/t15-,18+/m1/s1. The molecule has 2 heterocycles. The smallest absolute Gasteiger partial charge is 0.341 e. The Hall–Kier alpha value is -3.86. The summed E-state index contributed by atoms with van der Waals surface area (Å²) in [5.41, 5.74) is 3.09. The van der Waals surface area contributed by atoms with Gasteiger partial charge in [-0.3, -0.25) is 4.79 Å². The number of esters is 2. The number of benzene rings is 1. The summed E-state index contributed by atoms with van der Waals surface area (Å²) in [7, 11) is 1.46. The van der Waals surface area contributed by atoms with Crippen molar-refractivity contribution >= 4 is 34.2 Å². The molecule has 0 unspecified atom stereocenters. The van der Waals surface area contributed by atoms with E-state index in [-0.39, 0.29) is 18.8 Å². The molecule has 3 aromatic rings. The number of nitrogens with zero attached hydrogens (tertiary/aromatic N) is 1. The van der Waals surface area contributed by atoms with Crippen LogP contribution in [-0.4, -0.2) is 42.8 Å². The maximum absolute atomic E-state index is 13.0. The minimum Gasteiger partial charge on any atom is -0.493 e. The van der Waals surface area contributed by atoms with Crippen LogP contribution in [0.5, 0.6) is 11.5 Å². The van der Waals surface area contributed by atoms with Crippen molar-refractivity contribution in [3.63, 3.8) is 0 Å². The fourth-order valence-electron chi connectivity index (χ4n) is 4.53. The van der Waals surface area contributed by atoms with Crippen molar-refractivity contribution in [3.8, 4) is 11.5 Å². The molecule has 2 atom stereocenters. The highest BCUT2D eigenvalue weighted by Crippen LogP contribution is 2.40. The van der Waals surface area contributed by atoms with Crippen LogP contribution < -0.4 is 14.8 Å². The first kappa shape index (κ1) is 29.1. The molecule has 1 aliphatic carbocycles. The van der Waals surface area contributed by atoms with Crippen molar-refractivity contribution in [1.29, 1.82) is 0 Å². The third-order valence-electron chi connectivity index (χ3n) is 6.83. The zero-order chi connectivity index (χ0) is 29.0. The molecule has 0 spiro atoms. The minimum atomic E-state index is -1.12. The molecule has 1 N–H and O–H groups in total. The van der Waals surface area contributed by atoms with Crippen molar-refractivity contribution in [2.75, 3.05) is 19.0 Å². The minimum absolute atomic E-state index is 0.189. The Morgan fingerprint density at radius 3 is 2.65 bits per heavy atom. The van der Waals surface area contributed by atoms with E-state index in [2.05, 4.69) is 17.4 Å². The monoisotopic (exact) mass is 570 g/mol. The molecular weight excluding hydrogens is 536 g/mol. The van der Waals surface area contributed by atoms with E-state index in [1.165, 1.54) is 37.5 Å². The molecule has 0 fully saturated rings. The molecule has 0 radical (unpaired) electrons. The fraction of sp³-hybridized carbons (Fsp3) is 0.448. The van der Waals surface area contributed by atoms with Crippen molar-refractivity contribution < 1.29 is 37.9 Å². The number of methoxy groups -OCH3 is 1. The van der Waals surface area contributed by atoms with E-state index in [0.717, 1.165) is 41.0 Å². The molecular formula is C29H34N2O8S. The quantitative estimate of drug-likeness (QED) is 0.318. The Labute approximate surface area is 236 Å². The Kier molecular flexibility index (Phi) is 9.14. The zero-order valence-corrected chi connectivity index (χ0v) is 24.4. The lowest BCUT2D eigenvalue weighted by molar-refractivity contribution is -0.123. The second-order valence-electron chi connectivity index (χ2n) is 9.77. The topological polar surface area (TPSA) is 126 Å². The molecule has 10 nitrogen and oxygen atoms in total. The second kappa shape index (κ2) is 12.5. The summed E-state index contributed by atoms with van der Waals surface area (Å²) < 4.78 is 27.1. The summed E-state index contributed by atoms with van der Waals surface area (Å²) in [6.07, 6.45) is 1.43. The largest absolute Gasteiger partial charge is 0.493 e. The summed E-state index contributed by atoms with van der Waals surface area (Å²) in [6, 6.07) is 4.62. The van der Waals surface area contributed by atoms with E-state index in [9.17, 15) is 14.4 Å². The molecule has 1 aliphatic rings. The van der Waals surface area contributed by atoms with Crippen molar-refractivity contribution in [1.82, 2.24) is 5.16 Å². The second-order valence-corrected chi connectivity index (χ2v) is 10.9. The SMILES string of the molecule is CCOC(=O)c1c(NC(=O)[C@H](C)OC(=O)c2ccc(OCc3c(C)noc3C)c(OC)c2)sc2c1CC[C@@H](C)C2. The predicted octanol–water partition coefficient (Wildman–Crippen LogP) is 5.43. The van der Waals surface area contributed by atoms with E-state index in [1.807, 2.05) is 6.92 Å². The highest BCUT2D eigenvalue weighted by molar-refractivity contribution is 7.17. The van der Waals surface area contributed by atoms with Gasteiger partial charge in [-0.15, -0.1) is 11.3 Å². The molecule has 11 heteroatoms. The van der Waals surface area contributed by atoms with Gasteiger partial charge in [-0.2, -0.15) is 0 Å². The molecule has 0 saturated heterocycles. The van der Waals surface area contributed by atoms with E-state index in [1.54, 1.807) is 19.9 Å². The van der Waals surface area contributed by atoms with Gasteiger partial charge in [0.2, 0.25) is 0 Å². The van der Waals surface area contributed by atoms with Gasteiger partial charge in [0.1, 0.15) is 17.4 Å². The molecule has 1 amide bonds. The fourth-order valence-corrected chi connectivity index (χ4v) is 5.93. The summed E-state index contributed by atoms with van der Waals surface area (Å²) in [5.74, 6) is 0.200. The Balaban J connectivity index is 1.43. The highest BCUT2D eigenvalue weighted by Gasteiger charge is 2.30. The maximum Gasteiger partial charge on any atom is 0.341 e. The molecule has 214 valence electrons. The van der Waals surface area contributed by atoms with Gasteiger partial charge in [-0.25, -0.2) is 9.59 Å². The van der Waals surface area contributed by atoms with Gasteiger partial charge in [0, 0.05) is 4.88 Å². The lowest BCUT2D eigenvalue weighted by Gasteiger charge is -2.18. The van der Waals surface area contributed by atoms with Gasteiger partial charge in [-0.05, 0) is 76.6 Å². The van der Waals surface area contributed by atoms with Gasteiger partial charge in [0.25, 0.3) is 5.91 Å². The molecule has 0 aliphatic heterocycles. The number of carbonyl (C=O) groups is 3. The van der Waals surface area contributed by atoms with Crippen LogP contribution >= 0.6 is 11.3 Å². The Morgan fingerprint density at radius 1 is 1.20 bits per heavy atom. The van der Waals surface area contributed by atoms with Gasteiger partial charge < -0.3 is 28.8 Å². The van der Waals surface area contributed by atoms with E-state index >= 15 is 0 Å². The average molecular weight is 571 g/mol. The van der Waals surface area contributed by atoms with Crippen LogP contribution in [0.1, 0.15) is 75.4 Å². The number of hydrogen-bond acceptors (Lipinski definition) is 10. The average Bonchev–Trinajstić information content (AvgIpc) is 3.44. The number of rotatable bonds is 10. The van der Waals surface area contributed by atoms with Gasteiger partial charge in [0.05, 0.1) is 36.1 Å².